The van der Waals surface area contributed by atoms with Gasteiger partial charge in [0.25, 0.3) is 5.91 Å². The third-order valence-corrected chi connectivity index (χ3v) is 2.51. The molecule has 16 heavy (non-hydrogen) atoms. The SMILES string of the molecule is CCC(CC)NC(=O)c1cccnc1NN. The minimum absolute atomic E-state index is 0.144. The van der Waals surface area contributed by atoms with Crippen molar-refractivity contribution < 1.29 is 4.79 Å². The molecule has 88 valence electrons. The van der Waals surface area contributed by atoms with Gasteiger partial charge in [0.2, 0.25) is 0 Å². The van der Waals surface area contributed by atoms with Crippen molar-refractivity contribution >= 4 is 11.7 Å². The predicted octanol–water partition coefficient (Wildman–Crippen LogP) is 1.29. The molecule has 0 bridgehead atoms. The maximum Gasteiger partial charge on any atom is 0.255 e. The minimum atomic E-state index is -0.144. The van der Waals surface area contributed by atoms with E-state index in [9.17, 15) is 4.79 Å². The maximum atomic E-state index is 11.9. The van der Waals surface area contributed by atoms with Gasteiger partial charge in [0.15, 0.2) is 5.82 Å². The lowest BCUT2D eigenvalue weighted by Gasteiger charge is -2.15. The summed E-state index contributed by atoms with van der Waals surface area (Å²) in [4.78, 5) is 15.9. The number of pyridine rings is 1. The Balaban J connectivity index is 2.79. The first-order valence-corrected chi connectivity index (χ1v) is 5.45. The highest BCUT2D eigenvalue weighted by Gasteiger charge is 2.14. The molecule has 0 fully saturated rings. The standard InChI is InChI=1S/C11H18N4O/c1-3-8(4-2)14-11(16)9-6-5-7-13-10(9)15-12/h5-8H,3-4,12H2,1-2H3,(H,13,15)(H,14,16). The zero-order valence-electron chi connectivity index (χ0n) is 9.66. The smallest absolute Gasteiger partial charge is 0.255 e. The van der Waals surface area contributed by atoms with Crippen LogP contribution in [-0.4, -0.2) is 16.9 Å². The van der Waals surface area contributed by atoms with Crippen molar-refractivity contribution in [3.05, 3.63) is 23.9 Å². The van der Waals surface area contributed by atoms with Gasteiger partial charge in [-0.3, -0.25) is 4.79 Å². The fourth-order valence-corrected chi connectivity index (χ4v) is 1.46. The fourth-order valence-electron chi connectivity index (χ4n) is 1.46. The quantitative estimate of drug-likeness (QED) is 0.518. The Kier molecular flexibility index (Phi) is 4.72. The van der Waals surface area contributed by atoms with Crippen molar-refractivity contribution in [3.8, 4) is 0 Å². The molecule has 0 aliphatic heterocycles. The van der Waals surface area contributed by atoms with Crippen LogP contribution in [0, 0.1) is 0 Å². The van der Waals surface area contributed by atoms with E-state index in [-0.39, 0.29) is 11.9 Å². The van der Waals surface area contributed by atoms with Crippen LogP contribution < -0.4 is 16.6 Å². The van der Waals surface area contributed by atoms with Gasteiger partial charge in [0, 0.05) is 12.2 Å². The number of carbonyl (C=O) groups excluding carboxylic acids is 1. The first-order valence-electron chi connectivity index (χ1n) is 5.45. The summed E-state index contributed by atoms with van der Waals surface area (Å²) in [5.41, 5.74) is 2.88. The van der Waals surface area contributed by atoms with Gasteiger partial charge in [0.1, 0.15) is 0 Å². The molecular formula is C11H18N4O. The highest BCUT2D eigenvalue weighted by atomic mass is 16.1. The molecule has 0 spiro atoms. The molecule has 0 radical (unpaired) electrons. The number of nitrogens with zero attached hydrogens (tertiary/aromatic N) is 1. The number of hydrogen-bond donors (Lipinski definition) is 3. The van der Waals surface area contributed by atoms with E-state index >= 15 is 0 Å². The van der Waals surface area contributed by atoms with E-state index in [1.807, 2.05) is 13.8 Å². The van der Waals surface area contributed by atoms with E-state index in [1.54, 1.807) is 18.3 Å². The van der Waals surface area contributed by atoms with Gasteiger partial charge in [-0.1, -0.05) is 13.8 Å². The van der Waals surface area contributed by atoms with Gasteiger partial charge in [-0.2, -0.15) is 0 Å². The van der Waals surface area contributed by atoms with Crippen molar-refractivity contribution in [2.45, 2.75) is 32.7 Å². The van der Waals surface area contributed by atoms with Gasteiger partial charge < -0.3 is 10.7 Å². The third kappa shape index (κ3) is 2.93. The molecule has 4 N–H and O–H groups in total. The van der Waals surface area contributed by atoms with Crippen LogP contribution in [0.15, 0.2) is 18.3 Å². The zero-order chi connectivity index (χ0) is 12.0. The Labute approximate surface area is 95.4 Å². The van der Waals surface area contributed by atoms with Crippen LogP contribution in [0.1, 0.15) is 37.0 Å². The summed E-state index contributed by atoms with van der Waals surface area (Å²) in [6.45, 7) is 4.08. The Morgan fingerprint density at radius 2 is 2.19 bits per heavy atom. The van der Waals surface area contributed by atoms with E-state index in [0.29, 0.717) is 11.4 Å². The van der Waals surface area contributed by atoms with Gasteiger partial charge in [0.05, 0.1) is 5.56 Å². The summed E-state index contributed by atoms with van der Waals surface area (Å²) in [7, 11) is 0. The Hall–Kier alpha value is -1.62. The number of amides is 1. The topological polar surface area (TPSA) is 80.0 Å². The van der Waals surface area contributed by atoms with Crippen LogP contribution in [-0.2, 0) is 0 Å². The van der Waals surface area contributed by atoms with Crippen molar-refractivity contribution in [1.82, 2.24) is 10.3 Å². The number of nitrogens with two attached hydrogens (primary N) is 1. The molecule has 1 rings (SSSR count). The van der Waals surface area contributed by atoms with Crippen LogP contribution >= 0.6 is 0 Å². The van der Waals surface area contributed by atoms with Crippen LogP contribution in [0.2, 0.25) is 0 Å². The number of nitrogen functional groups attached to an aromatic ring is 1. The summed E-state index contributed by atoms with van der Waals surface area (Å²) < 4.78 is 0. The molecule has 0 aliphatic carbocycles. The largest absolute Gasteiger partial charge is 0.349 e. The highest BCUT2D eigenvalue weighted by molar-refractivity contribution is 5.98. The molecule has 0 atom stereocenters. The second-order valence-electron chi connectivity index (χ2n) is 3.53. The summed E-state index contributed by atoms with van der Waals surface area (Å²) in [6, 6.07) is 3.60. The number of hydrogen-bond acceptors (Lipinski definition) is 4. The molecule has 1 aromatic rings. The van der Waals surface area contributed by atoms with Gasteiger partial charge >= 0.3 is 0 Å². The van der Waals surface area contributed by atoms with Crippen LogP contribution in [0.4, 0.5) is 5.82 Å². The lowest BCUT2D eigenvalue weighted by Crippen LogP contribution is -2.34. The Morgan fingerprint density at radius 1 is 1.50 bits per heavy atom. The number of nitrogens with one attached hydrogen (secondary N) is 2. The summed E-state index contributed by atoms with van der Waals surface area (Å²) >= 11 is 0. The molecule has 0 aliphatic rings. The van der Waals surface area contributed by atoms with E-state index < -0.39 is 0 Å². The molecule has 0 unspecified atom stereocenters. The summed E-state index contributed by atoms with van der Waals surface area (Å²) in [5, 5.41) is 2.93. The second-order valence-corrected chi connectivity index (χ2v) is 3.53. The number of aromatic nitrogens is 1. The molecule has 1 heterocycles. The lowest BCUT2D eigenvalue weighted by atomic mass is 10.1. The lowest BCUT2D eigenvalue weighted by molar-refractivity contribution is 0.0935. The molecule has 5 heteroatoms. The van der Waals surface area contributed by atoms with Gasteiger partial charge in [-0.05, 0) is 25.0 Å². The Morgan fingerprint density at radius 3 is 2.75 bits per heavy atom. The van der Waals surface area contributed by atoms with Crippen molar-refractivity contribution in [2.75, 3.05) is 5.43 Å². The number of rotatable bonds is 5. The first kappa shape index (κ1) is 12.4. The molecule has 5 nitrogen and oxygen atoms in total. The number of hydrazine groups is 1. The van der Waals surface area contributed by atoms with Crippen molar-refractivity contribution in [3.63, 3.8) is 0 Å². The second kappa shape index (κ2) is 6.07. The van der Waals surface area contributed by atoms with Crippen molar-refractivity contribution in [1.29, 1.82) is 0 Å². The first-order chi connectivity index (χ1) is 7.72. The average molecular weight is 222 g/mol. The molecule has 0 saturated carbocycles. The summed E-state index contributed by atoms with van der Waals surface area (Å²) in [5.74, 6) is 5.54. The zero-order valence-corrected chi connectivity index (χ0v) is 9.66. The van der Waals surface area contributed by atoms with Crippen molar-refractivity contribution in [2.24, 2.45) is 5.84 Å². The fraction of sp³-hybridized carbons (Fsp3) is 0.455. The third-order valence-electron chi connectivity index (χ3n) is 2.51. The van der Waals surface area contributed by atoms with Gasteiger partial charge in [-0.15, -0.1) is 0 Å². The predicted molar refractivity (Wildman–Crippen MR) is 63.9 cm³/mol. The Bertz CT molecular complexity index is 350. The van der Waals surface area contributed by atoms with Gasteiger partial charge in [-0.25, -0.2) is 10.8 Å². The molecule has 1 aromatic heterocycles. The van der Waals surface area contributed by atoms with Crippen LogP contribution in [0.5, 0.6) is 0 Å². The molecule has 1 amide bonds. The molecular weight excluding hydrogens is 204 g/mol. The summed E-state index contributed by atoms with van der Waals surface area (Å²) in [6.07, 6.45) is 3.41. The average Bonchev–Trinajstić information content (AvgIpc) is 2.35. The molecule has 0 aromatic carbocycles. The highest BCUT2D eigenvalue weighted by Crippen LogP contribution is 2.10. The normalized spacial score (nSPS) is 10.2. The van der Waals surface area contributed by atoms with E-state index in [0.717, 1.165) is 12.8 Å². The maximum absolute atomic E-state index is 11.9. The number of anilines is 1. The van der Waals surface area contributed by atoms with E-state index in [1.165, 1.54) is 0 Å². The molecule has 0 saturated heterocycles. The van der Waals surface area contributed by atoms with Crippen LogP contribution in [0.3, 0.4) is 0 Å². The number of carbonyl (C=O) groups is 1. The minimum Gasteiger partial charge on any atom is -0.349 e. The monoisotopic (exact) mass is 222 g/mol. The van der Waals surface area contributed by atoms with E-state index in [2.05, 4.69) is 15.7 Å². The van der Waals surface area contributed by atoms with E-state index in [4.69, 9.17) is 5.84 Å². The van der Waals surface area contributed by atoms with Crippen LogP contribution in [0.25, 0.3) is 0 Å².